The molecule has 0 amide bonds. The third-order valence-corrected chi connectivity index (χ3v) is 5.36. The molecule has 0 saturated heterocycles. The molecule has 0 saturated carbocycles. The summed E-state index contributed by atoms with van der Waals surface area (Å²) in [6, 6.07) is 16.0. The van der Waals surface area contributed by atoms with Gasteiger partial charge in [-0.2, -0.15) is 5.10 Å². The predicted octanol–water partition coefficient (Wildman–Crippen LogP) is 3.91. The highest BCUT2D eigenvalue weighted by Gasteiger charge is 2.21. The van der Waals surface area contributed by atoms with Crippen molar-refractivity contribution >= 4 is 28.8 Å². The lowest BCUT2D eigenvalue weighted by molar-refractivity contribution is 0.414. The van der Waals surface area contributed by atoms with Crippen LogP contribution in [0.3, 0.4) is 0 Å². The van der Waals surface area contributed by atoms with Crippen LogP contribution >= 0.6 is 0 Å². The molecule has 0 fully saturated rings. The van der Waals surface area contributed by atoms with Crippen LogP contribution in [0.2, 0.25) is 0 Å². The van der Waals surface area contributed by atoms with Crippen molar-refractivity contribution in [3.63, 3.8) is 0 Å². The summed E-state index contributed by atoms with van der Waals surface area (Å²) < 4.78 is 5.25. The zero-order valence-electron chi connectivity index (χ0n) is 17.0. The Morgan fingerprint density at radius 2 is 1.93 bits per heavy atom. The van der Waals surface area contributed by atoms with E-state index in [0.717, 1.165) is 34.2 Å². The number of rotatable bonds is 7. The molecule has 7 heteroatoms. The van der Waals surface area contributed by atoms with E-state index in [9.17, 15) is 0 Å². The SMILES string of the molecule is COc1ccc(CN(C(=N)Cc2c[nH]c3ccccc23)C(=N)CC2CC=NN2)cc1. The number of amidine groups is 2. The molecule has 0 bridgehead atoms. The normalized spacial score (nSPS) is 15.2. The van der Waals surface area contributed by atoms with Crippen molar-refractivity contribution in [2.75, 3.05) is 7.11 Å². The second-order valence-corrected chi connectivity index (χ2v) is 7.44. The van der Waals surface area contributed by atoms with E-state index in [1.54, 1.807) is 12.0 Å². The number of benzene rings is 2. The summed E-state index contributed by atoms with van der Waals surface area (Å²) in [4.78, 5) is 5.07. The van der Waals surface area contributed by atoms with Gasteiger partial charge in [0.25, 0.3) is 0 Å². The van der Waals surface area contributed by atoms with Crippen LogP contribution in [-0.4, -0.2) is 40.9 Å². The second-order valence-electron chi connectivity index (χ2n) is 7.44. The Morgan fingerprint density at radius 3 is 2.67 bits per heavy atom. The van der Waals surface area contributed by atoms with Gasteiger partial charge in [-0.3, -0.25) is 10.8 Å². The molecule has 0 aliphatic carbocycles. The van der Waals surface area contributed by atoms with E-state index >= 15 is 0 Å². The van der Waals surface area contributed by atoms with Gasteiger partial charge in [0.2, 0.25) is 0 Å². The Bertz CT molecular complexity index is 1060. The quantitative estimate of drug-likeness (QED) is 0.356. The molecule has 154 valence electrons. The van der Waals surface area contributed by atoms with Crippen molar-refractivity contribution in [3.05, 3.63) is 65.9 Å². The zero-order chi connectivity index (χ0) is 20.9. The van der Waals surface area contributed by atoms with Gasteiger partial charge < -0.3 is 20.0 Å². The minimum absolute atomic E-state index is 0.108. The maximum Gasteiger partial charge on any atom is 0.118 e. The number of hydrogen-bond donors (Lipinski definition) is 4. The van der Waals surface area contributed by atoms with Gasteiger partial charge >= 0.3 is 0 Å². The van der Waals surface area contributed by atoms with E-state index in [-0.39, 0.29) is 6.04 Å². The molecule has 0 radical (unpaired) electrons. The van der Waals surface area contributed by atoms with E-state index in [1.165, 1.54) is 0 Å². The molecule has 7 nitrogen and oxygen atoms in total. The van der Waals surface area contributed by atoms with E-state index in [1.807, 2.05) is 54.9 Å². The van der Waals surface area contributed by atoms with Crippen LogP contribution in [0, 0.1) is 10.8 Å². The van der Waals surface area contributed by atoms with Crippen LogP contribution in [0.5, 0.6) is 5.75 Å². The lowest BCUT2D eigenvalue weighted by atomic mass is 10.1. The fraction of sp³-hybridized carbons (Fsp3) is 0.261. The molecule has 30 heavy (non-hydrogen) atoms. The fourth-order valence-electron chi connectivity index (χ4n) is 3.68. The Labute approximate surface area is 175 Å². The minimum Gasteiger partial charge on any atom is -0.497 e. The highest BCUT2D eigenvalue weighted by atomic mass is 16.5. The number of hydrazone groups is 1. The Balaban J connectivity index is 1.54. The maximum atomic E-state index is 8.82. The number of aromatic nitrogens is 1. The number of ether oxygens (including phenoxy) is 1. The Kier molecular flexibility index (Phi) is 5.79. The highest BCUT2D eigenvalue weighted by Crippen LogP contribution is 2.21. The molecule has 3 aromatic rings. The zero-order valence-corrected chi connectivity index (χ0v) is 17.0. The molecule has 1 aliphatic rings. The average molecular weight is 403 g/mol. The van der Waals surface area contributed by atoms with E-state index < -0.39 is 0 Å². The van der Waals surface area contributed by atoms with Crippen molar-refractivity contribution in [2.24, 2.45) is 5.10 Å². The number of aromatic amines is 1. The molecule has 4 N–H and O–H groups in total. The molecule has 1 unspecified atom stereocenters. The summed E-state index contributed by atoms with van der Waals surface area (Å²) in [6.45, 7) is 0.470. The van der Waals surface area contributed by atoms with E-state index in [4.69, 9.17) is 15.6 Å². The number of fused-ring (bicyclic) bond motifs is 1. The first-order valence-corrected chi connectivity index (χ1v) is 10.0. The van der Waals surface area contributed by atoms with Crippen molar-refractivity contribution in [1.29, 1.82) is 10.8 Å². The number of H-pyrrole nitrogens is 1. The third kappa shape index (κ3) is 4.35. The van der Waals surface area contributed by atoms with Crippen molar-refractivity contribution in [1.82, 2.24) is 15.3 Å². The van der Waals surface area contributed by atoms with Gasteiger partial charge in [0.15, 0.2) is 0 Å². The largest absolute Gasteiger partial charge is 0.497 e. The lowest BCUT2D eigenvalue weighted by Crippen LogP contribution is -2.39. The van der Waals surface area contributed by atoms with Gasteiger partial charge in [-0.05, 0) is 29.3 Å². The van der Waals surface area contributed by atoms with Gasteiger partial charge in [-0.1, -0.05) is 30.3 Å². The average Bonchev–Trinajstić information content (AvgIpc) is 3.42. The standard InChI is InChI=1S/C23H26N6O/c1-30-19-8-6-16(7-9-19)15-29(23(25)13-18-10-11-27-28-18)22(24)12-17-14-26-21-5-3-2-4-20(17)21/h2-9,11,14,18,24-26,28H,10,12-13,15H2,1H3. The van der Waals surface area contributed by atoms with Crippen LogP contribution in [0.1, 0.15) is 24.0 Å². The first-order valence-electron chi connectivity index (χ1n) is 10.0. The lowest BCUT2D eigenvalue weighted by Gasteiger charge is -2.27. The Hall–Kier alpha value is -3.61. The number of nitrogens with one attached hydrogen (secondary N) is 4. The number of methoxy groups -OCH3 is 1. The molecule has 2 heterocycles. The maximum absolute atomic E-state index is 8.82. The van der Waals surface area contributed by atoms with Gasteiger partial charge in [-0.25, -0.2) is 0 Å². The summed E-state index contributed by atoms with van der Waals surface area (Å²) in [6.07, 6.45) is 5.57. The summed E-state index contributed by atoms with van der Waals surface area (Å²) in [5.74, 6) is 1.61. The second kappa shape index (κ2) is 8.82. The molecular weight excluding hydrogens is 376 g/mol. The number of hydrogen-bond acceptors (Lipinski definition) is 5. The monoisotopic (exact) mass is 402 g/mol. The molecular formula is C23H26N6O. The topological polar surface area (TPSA) is 100 Å². The summed E-state index contributed by atoms with van der Waals surface area (Å²) in [7, 11) is 1.64. The molecule has 4 rings (SSSR count). The smallest absolute Gasteiger partial charge is 0.118 e. The molecule has 1 atom stereocenters. The molecule has 1 aliphatic heterocycles. The van der Waals surface area contributed by atoms with Gasteiger partial charge in [0.1, 0.15) is 17.4 Å². The van der Waals surface area contributed by atoms with Crippen molar-refractivity contribution < 1.29 is 4.74 Å². The van der Waals surface area contributed by atoms with Crippen LogP contribution in [0.25, 0.3) is 10.9 Å². The molecule has 2 aromatic carbocycles. The van der Waals surface area contributed by atoms with Crippen LogP contribution in [0.15, 0.2) is 59.8 Å². The van der Waals surface area contributed by atoms with E-state index in [0.29, 0.717) is 31.1 Å². The summed E-state index contributed by atoms with van der Waals surface area (Å²) >= 11 is 0. The molecule has 0 spiro atoms. The van der Waals surface area contributed by atoms with Crippen molar-refractivity contribution in [2.45, 2.75) is 31.8 Å². The summed E-state index contributed by atoms with van der Waals surface area (Å²) in [5, 5.41) is 22.7. The predicted molar refractivity (Wildman–Crippen MR) is 121 cm³/mol. The number of nitrogens with zero attached hydrogens (tertiary/aromatic N) is 2. The van der Waals surface area contributed by atoms with Gasteiger partial charge in [-0.15, -0.1) is 0 Å². The first-order chi connectivity index (χ1) is 14.6. The summed E-state index contributed by atoms with van der Waals surface area (Å²) in [5.41, 5.74) is 6.19. The third-order valence-electron chi connectivity index (χ3n) is 5.36. The van der Waals surface area contributed by atoms with Gasteiger partial charge in [0, 0.05) is 42.6 Å². The van der Waals surface area contributed by atoms with Crippen LogP contribution in [0.4, 0.5) is 0 Å². The van der Waals surface area contributed by atoms with Crippen LogP contribution in [-0.2, 0) is 13.0 Å². The van der Waals surface area contributed by atoms with Gasteiger partial charge in [0.05, 0.1) is 19.7 Å². The van der Waals surface area contributed by atoms with E-state index in [2.05, 4.69) is 21.6 Å². The van der Waals surface area contributed by atoms with Crippen LogP contribution < -0.4 is 10.2 Å². The first kappa shape index (κ1) is 19.7. The highest BCUT2D eigenvalue weighted by molar-refractivity contribution is 6.00. The minimum atomic E-state index is 0.108. The Morgan fingerprint density at radius 1 is 1.13 bits per heavy atom. The fourth-order valence-corrected chi connectivity index (χ4v) is 3.68. The molecule has 1 aromatic heterocycles. The number of para-hydroxylation sites is 1. The van der Waals surface area contributed by atoms with Crippen molar-refractivity contribution in [3.8, 4) is 5.75 Å².